The third-order valence-electron chi connectivity index (χ3n) is 2.51. The monoisotopic (exact) mass is 235 g/mol. The van der Waals surface area contributed by atoms with Crippen molar-refractivity contribution in [1.29, 1.82) is 0 Å². The van der Waals surface area contributed by atoms with Crippen molar-refractivity contribution in [2.75, 3.05) is 7.11 Å². The highest BCUT2D eigenvalue weighted by Crippen LogP contribution is 2.30. The first-order valence-corrected chi connectivity index (χ1v) is 4.92. The maximum Gasteiger partial charge on any atom is 0.340 e. The Hall–Kier alpha value is -2.17. The fourth-order valence-electron chi connectivity index (χ4n) is 1.81. The Bertz CT molecular complexity index is 610. The van der Waals surface area contributed by atoms with Gasteiger partial charge in [-0.3, -0.25) is 0 Å². The van der Waals surface area contributed by atoms with Crippen LogP contribution in [0.5, 0.6) is 5.75 Å². The minimum Gasteiger partial charge on any atom is -0.494 e. The molecule has 2 rings (SSSR count). The molecule has 1 aromatic carbocycles. The van der Waals surface area contributed by atoms with Gasteiger partial charge in [-0.25, -0.2) is 14.2 Å². The lowest BCUT2D eigenvalue weighted by atomic mass is 10.1. The lowest BCUT2D eigenvalue weighted by Gasteiger charge is -2.11. The molecule has 0 fully saturated rings. The molecule has 17 heavy (non-hydrogen) atoms. The van der Waals surface area contributed by atoms with Gasteiger partial charge in [0.05, 0.1) is 12.8 Å². The number of carbonyl (C=O) groups is 1. The number of aromatic nitrogens is 1. The zero-order valence-electron chi connectivity index (χ0n) is 9.32. The van der Waals surface area contributed by atoms with Crippen LogP contribution >= 0.6 is 0 Å². The zero-order valence-corrected chi connectivity index (χ0v) is 9.32. The summed E-state index contributed by atoms with van der Waals surface area (Å²) in [6.07, 6.45) is 0. The second kappa shape index (κ2) is 4.01. The van der Waals surface area contributed by atoms with Crippen LogP contribution in [0.2, 0.25) is 0 Å². The maximum absolute atomic E-state index is 13.5. The molecule has 2 aromatic rings. The van der Waals surface area contributed by atoms with Crippen LogP contribution in [-0.2, 0) is 0 Å². The van der Waals surface area contributed by atoms with Crippen LogP contribution in [0.4, 0.5) is 4.39 Å². The van der Waals surface area contributed by atoms with Gasteiger partial charge in [-0.1, -0.05) is 12.1 Å². The largest absolute Gasteiger partial charge is 0.494 e. The number of methoxy groups -OCH3 is 1. The fourth-order valence-corrected chi connectivity index (χ4v) is 1.81. The predicted molar refractivity (Wildman–Crippen MR) is 59.9 cm³/mol. The van der Waals surface area contributed by atoms with E-state index in [1.54, 1.807) is 6.92 Å². The molecule has 5 heteroatoms. The number of carboxylic acid groups (broad SMARTS) is 1. The predicted octanol–water partition coefficient (Wildman–Crippen LogP) is 2.39. The van der Waals surface area contributed by atoms with Crippen molar-refractivity contribution in [3.63, 3.8) is 0 Å². The van der Waals surface area contributed by atoms with Gasteiger partial charge in [0.15, 0.2) is 5.75 Å². The van der Waals surface area contributed by atoms with E-state index in [2.05, 4.69) is 4.98 Å². The van der Waals surface area contributed by atoms with Gasteiger partial charge in [0, 0.05) is 5.39 Å². The van der Waals surface area contributed by atoms with E-state index >= 15 is 0 Å². The number of hydrogen-bond acceptors (Lipinski definition) is 3. The highest BCUT2D eigenvalue weighted by molar-refractivity contribution is 6.05. The van der Waals surface area contributed by atoms with Crippen molar-refractivity contribution >= 4 is 16.9 Å². The van der Waals surface area contributed by atoms with Crippen LogP contribution in [0.15, 0.2) is 18.2 Å². The molecule has 88 valence electrons. The molecule has 0 radical (unpaired) electrons. The van der Waals surface area contributed by atoms with Gasteiger partial charge in [0.25, 0.3) is 0 Å². The molecule has 0 unspecified atom stereocenters. The molecule has 0 saturated carbocycles. The van der Waals surface area contributed by atoms with Gasteiger partial charge in [0.2, 0.25) is 0 Å². The van der Waals surface area contributed by atoms with Crippen molar-refractivity contribution < 1.29 is 19.0 Å². The first-order valence-electron chi connectivity index (χ1n) is 4.92. The topological polar surface area (TPSA) is 59.4 Å². The number of halogens is 1. The average Bonchev–Trinajstić information content (AvgIpc) is 2.28. The van der Waals surface area contributed by atoms with Gasteiger partial charge >= 0.3 is 5.97 Å². The number of pyridine rings is 1. The minimum atomic E-state index is -1.16. The van der Waals surface area contributed by atoms with Gasteiger partial charge in [-0.05, 0) is 13.0 Å². The number of fused-ring (bicyclic) bond motifs is 1. The smallest absolute Gasteiger partial charge is 0.340 e. The Morgan fingerprint density at radius 2 is 2.18 bits per heavy atom. The zero-order chi connectivity index (χ0) is 12.6. The highest BCUT2D eigenvalue weighted by Gasteiger charge is 2.20. The maximum atomic E-state index is 13.5. The summed E-state index contributed by atoms with van der Waals surface area (Å²) < 4.78 is 18.6. The number of carboxylic acids is 1. The van der Waals surface area contributed by atoms with E-state index in [4.69, 9.17) is 4.74 Å². The standard InChI is InChI=1S/C12H10FNO3/c1-6-11(17-2)9(12(15)16)7-4-3-5-8(13)10(7)14-6/h3-5H,1-2H3,(H,15,16). The van der Waals surface area contributed by atoms with Crippen molar-refractivity contribution in [1.82, 2.24) is 4.98 Å². The molecule has 1 N–H and O–H groups in total. The van der Waals surface area contributed by atoms with Crippen LogP contribution in [0.1, 0.15) is 16.1 Å². The first-order chi connectivity index (χ1) is 8.06. The molecular weight excluding hydrogens is 225 g/mol. The number of nitrogens with zero attached hydrogens (tertiary/aromatic N) is 1. The molecule has 0 spiro atoms. The molecule has 1 heterocycles. The van der Waals surface area contributed by atoms with E-state index < -0.39 is 11.8 Å². The number of benzene rings is 1. The van der Waals surface area contributed by atoms with Crippen LogP contribution in [0.3, 0.4) is 0 Å². The summed E-state index contributed by atoms with van der Waals surface area (Å²) in [5.41, 5.74) is 0.334. The van der Waals surface area contributed by atoms with E-state index in [1.165, 1.54) is 25.3 Å². The lowest BCUT2D eigenvalue weighted by Crippen LogP contribution is -2.05. The van der Waals surface area contributed by atoms with Crippen LogP contribution in [0.25, 0.3) is 10.9 Å². The Morgan fingerprint density at radius 3 is 2.76 bits per heavy atom. The van der Waals surface area contributed by atoms with Crippen molar-refractivity contribution in [3.8, 4) is 5.75 Å². The Kier molecular flexibility index (Phi) is 2.67. The Morgan fingerprint density at radius 1 is 1.47 bits per heavy atom. The van der Waals surface area contributed by atoms with Crippen molar-refractivity contribution in [2.24, 2.45) is 0 Å². The number of ether oxygens (including phenoxy) is 1. The van der Waals surface area contributed by atoms with E-state index in [1.807, 2.05) is 0 Å². The van der Waals surface area contributed by atoms with Crippen LogP contribution in [0, 0.1) is 12.7 Å². The lowest BCUT2D eigenvalue weighted by molar-refractivity contribution is 0.0695. The summed E-state index contributed by atoms with van der Waals surface area (Å²) in [6, 6.07) is 4.20. The fraction of sp³-hybridized carbons (Fsp3) is 0.167. The van der Waals surface area contributed by atoms with Crippen molar-refractivity contribution in [3.05, 3.63) is 35.3 Å². The normalized spacial score (nSPS) is 10.5. The third kappa shape index (κ3) is 1.69. The molecule has 0 aliphatic rings. The second-order valence-electron chi connectivity index (χ2n) is 3.55. The first kappa shape index (κ1) is 11.3. The molecule has 0 bridgehead atoms. The number of rotatable bonds is 2. The number of hydrogen-bond donors (Lipinski definition) is 1. The van der Waals surface area contributed by atoms with Crippen molar-refractivity contribution in [2.45, 2.75) is 6.92 Å². The quantitative estimate of drug-likeness (QED) is 0.868. The van der Waals surface area contributed by atoms with E-state index in [-0.39, 0.29) is 22.2 Å². The highest BCUT2D eigenvalue weighted by atomic mass is 19.1. The average molecular weight is 235 g/mol. The summed E-state index contributed by atoms with van der Waals surface area (Å²) >= 11 is 0. The van der Waals surface area contributed by atoms with Gasteiger partial charge in [0.1, 0.15) is 16.9 Å². The molecule has 4 nitrogen and oxygen atoms in total. The molecule has 0 saturated heterocycles. The summed E-state index contributed by atoms with van der Waals surface area (Å²) in [5, 5.41) is 9.42. The number of para-hydroxylation sites is 1. The summed E-state index contributed by atoms with van der Waals surface area (Å²) in [5.74, 6) is -1.55. The Labute approximate surface area is 96.7 Å². The van der Waals surface area contributed by atoms with Crippen LogP contribution in [-0.4, -0.2) is 23.2 Å². The number of aryl methyl sites for hydroxylation is 1. The van der Waals surface area contributed by atoms with E-state index in [9.17, 15) is 14.3 Å². The van der Waals surface area contributed by atoms with Gasteiger partial charge in [-0.2, -0.15) is 0 Å². The molecular formula is C12H10FNO3. The molecule has 0 aliphatic carbocycles. The number of aromatic carboxylic acids is 1. The van der Waals surface area contributed by atoms with E-state index in [0.29, 0.717) is 5.69 Å². The molecule has 1 aromatic heterocycles. The Balaban J connectivity index is 2.98. The van der Waals surface area contributed by atoms with Crippen LogP contribution < -0.4 is 4.74 Å². The SMILES string of the molecule is COc1c(C)nc2c(F)cccc2c1C(=O)O. The second-order valence-corrected chi connectivity index (χ2v) is 3.55. The van der Waals surface area contributed by atoms with E-state index in [0.717, 1.165) is 0 Å². The summed E-state index contributed by atoms with van der Waals surface area (Å²) in [6.45, 7) is 1.58. The summed E-state index contributed by atoms with van der Waals surface area (Å²) in [7, 11) is 1.36. The van der Waals surface area contributed by atoms with Gasteiger partial charge in [-0.15, -0.1) is 0 Å². The minimum absolute atomic E-state index is 0.0446. The third-order valence-corrected chi connectivity index (χ3v) is 2.51. The summed E-state index contributed by atoms with van der Waals surface area (Å²) in [4.78, 5) is 15.3. The molecule has 0 atom stereocenters. The van der Waals surface area contributed by atoms with Gasteiger partial charge < -0.3 is 9.84 Å². The molecule has 0 aliphatic heterocycles. The molecule has 0 amide bonds.